The normalized spacial score (nSPS) is 12.2. The number of rotatable bonds is 7. The number of hydrogen-bond donors (Lipinski definition) is 1. The highest BCUT2D eigenvalue weighted by Crippen LogP contribution is 2.23. The second-order valence-electron chi connectivity index (χ2n) is 6.77. The first-order valence-electron chi connectivity index (χ1n) is 7.92. The van der Waals surface area contributed by atoms with Crippen molar-refractivity contribution in [3.05, 3.63) is 29.8 Å². The van der Waals surface area contributed by atoms with Gasteiger partial charge in [0.05, 0.1) is 11.4 Å². The summed E-state index contributed by atoms with van der Waals surface area (Å²) in [6.45, 7) is 8.67. The molecule has 5 nitrogen and oxygen atoms in total. The monoisotopic (exact) mass is 340 g/mol. The SMILES string of the molecule is CCCCN(C)C(=O)CNS(=O)(=O)c1ccc(C(C)(C)C)cc1. The van der Waals surface area contributed by atoms with E-state index in [0.29, 0.717) is 6.54 Å². The van der Waals surface area contributed by atoms with Crippen molar-refractivity contribution in [2.75, 3.05) is 20.1 Å². The number of carbonyl (C=O) groups is 1. The first-order chi connectivity index (χ1) is 10.6. The van der Waals surface area contributed by atoms with E-state index in [2.05, 4.69) is 25.5 Å². The number of sulfonamides is 1. The first kappa shape index (κ1) is 19.6. The van der Waals surface area contributed by atoms with Crippen molar-refractivity contribution in [2.24, 2.45) is 0 Å². The maximum Gasteiger partial charge on any atom is 0.241 e. The van der Waals surface area contributed by atoms with E-state index in [4.69, 9.17) is 0 Å². The summed E-state index contributed by atoms with van der Waals surface area (Å²) in [5.74, 6) is -0.228. The molecular formula is C17H28N2O3S. The molecule has 130 valence electrons. The molecular weight excluding hydrogens is 312 g/mol. The molecule has 0 heterocycles. The lowest BCUT2D eigenvalue weighted by Gasteiger charge is -2.19. The van der Waals surface area contributed by atoms with Gasteiger partial charge in [0.1, 0.15) is 0 Å². The van der Waals surface area contributed by atoms with Gasteiger partial charge in [0.25, 0.3) is 0 Å². The van der Waals surface area contributed by atoms with Crippen molar-refractivity contribution in [3.8, 4) is 0 Å². The van der Waals surface area contributed by atoms with Crippen LogP contribution in [0.2, 0.25) is 0 Å². The highest BCUT2D eigenvalue weighted by Gasteiger charge is 2.19. The molecule has 1 aromatic carbocycles. The Labute approximate surface area is 140 Å². The molecule has 0 saturated carbocycles. The molecule has 0 aliphatic rings. The third-order valence-corrected chi connectivity index (χ3v) is 5.13. The molecule has 0 unspecified atom stereocenters. The number of unbranched alkanes of at least 4 members (excludes halogenated alkanes) is 1. The summed E-state index contributed by atoms with van der Waals surface area (Å²) in [5, 5.41) is 0. The summed E-state index contributed by atoms with van der Waals surface area (Å²) in [7, 11) is -1.98. The topological polar surface area (TPSA) is 66.5 Å². The molecule has 1 amide bonds. The lowest BCUT2D eigenvalue weighted by Crippen LogP contribution is -2.38. The van der Waals surface area contributed by atoms with Gasteiger partial charge in [-0.15, -0.1) is 0 Å². The number of hydrogen-bond acceptors (Lipinski definition) is 3. The largest absolute Gasteiger partial charge is 0.345 e. The minimum Gasteiger partial charge on any atom is -0.345 e. The van der Waals surface area contributed by atoms with E-state index < -0.39 is 10.0 Å². The summed E-state index contributed by atoms with van der Waals surface area (Å²) < 4.78 is 26.9. The summed E-state index contributed by atoms with van der Waals surface area (Å²) >= 11 is 0. The predicted octanol–water partition coefficient (Wildman–Crippen LogP) is 2.52. The van der Waals surface area contributed by atoms with Crippen LogP contribution < -0.4 is 4.72 Å². The molecule has 1 rings (SSSR count). The molecule has 1 aromatic rings. The molecule has 0 radical (unpaired) electrons. The smallest absolute Gasteiger partial charge is 0.241 e. The molecule has 6 heteroatoms. The number of nitrogens with one attached hydrogen (secondary N) is 1. The van der Waals surface area contributed by atoms with Gasteiger partial charge in [-0.1, -0.05) is 46.2 Å². The zero-order valence-electron chi connectivity index (χ0n) is 14.7. The standard InChI is InChI=1S/C17H28N2O3S/c1-6-7-12-19(5)16(20)13-18-23(21,22)15-10-8-14(9-11-15)17(2,3)4/h8-11,18H,6-7,12-13H2,1-5H3. The molecule has 0 atom stereocenters. The van der Waals surface area contributed by atoms with Gasteiger partial charge >= 0.3 is 0 Å². The maximum absolute atomic E-state index is 12.3. The molecule has 0 aliphatic carbocycles. The molecule has 0 saturated heterocycles. The second-order valence-corrected chi connectivity index (χ2v) is 8.53. The van der Waals surface area contributed by atoms with Crippen molar-refractivity contribution >= 4 is 15.9 Å². The van der Waals surface area contributed by atoms with Crippen LogP contribution in [0.1, 0.15) is 46.1 Å². The van der Waals surface area contributed by atoms with E-state index in [1.165, 1.54) is 0 Å². The van der Waals surface area contributed by atoms with Crippen LogP contribution in [0.25, 0.3) is 0 Å². The van der Waals surface area contributed by atoms with Gasteiger partial charge in [-0.3, -0.25) is 4.79 Å². The van der Waals surface area contributed by atoms with Crippen molar-refractivity contribution in [1.82, 2.24) is 9.62 Å². The van der Waals surface area contributed by atoms with E-state index in [-0.39, 0.29) is 22.8 Å². The fourth-order valence-corrected chi connectivity index (χ4v) is 3.00. The fourth-order valence-electron chi connectivity index (χ4n) is 2.03. The van der Waals surface area contributed by atoms with Crippen LogP contribution in [0.5, 0.6) is 0 Å². The fraction of sp³-hybridized carbons (Fsp3) is 0.588. The Bertz CT molecular complexity index is 616. The zero-order chi connectivity index (χ0) is 17.7. The van der Waals surface area contributed by atoms with Crippen LogP contribution in [0, 0.1) is 0 Å². The van der Waals surface area contributed by atoms with Crippen LogP contribution >= 0.6 is 0 Å². The Morgan fingerprint density at radius 1 is 1.17 bits per heavy atom. The van der Waals surface area contributed by atoms with Crippen LogP contribution in [0.15, 0.2) is 29.2 Å². The third-order valence-electron chi connectivity index (χ3n) is 3.72. The van der Waals surface area contributed by atoms with Crippen molar-refractivity contribution in [2.45, 2.75) is 50.8 Å². The van der Waals surface area contributed by atoms with Gasteiger partial charge in [0, 0.05) is 13.6 Å². The molecule has 0 aliphatic heterocycles. The molecule has 1 N–H and O–H groups in total. The van der Waals surface area contributed by atoms with Crippen LogP contribution in [-0.2, 0) is 20.2 Å². The van der Waals surface area contributed by atoms with Crippen LogP contribution in [-0.4, -0.2) is 39.4 Å². The number of likely N-dealkylation sites (N-methyl/N-ethyl adjacent to an activating group) is 1. The Morgan fingerprint density at radius 2 is 1.74 bits per heavy atom. The van der Waals surface area contributed by atoms with Crippen molar-refractivity contribution in [3.63, 3.8) is 0 Å². The Kier molecular flexibility index (Phi) is 6.77. The molecule has 0 aromatic heterocycles. The number of benzene rings is 1. The Balaban J connectivity index is 2.71. The van der Waals surface area contributed by atoms with E-state index in [0.717, 1.165) is 18.4 Å². The lowest BCUT2D eigenvalue weighted by molar-refractivity contribution is -0.128. The number of nitrogens with zero attached hydrogens (tertiary/aromatic N) is 1. The van der Waals surface area contributed by atoms with E-state index in [1.54, 1.807) is 24.1 Å². The van der Waals surface area contributed by atoms with Crippen LogP contribution in [0.4, 0.5) is 0 Å². The third kappa shape index (κ3) is 5.95. The predicted molar refractivity (Wildman–Crippen MR) is 92.9 cm³/mol. The summed E-state index contributed by atoms with van der Waals surface area (Å²) in [4.78, 5) is 13.6. The second kappa shape index (κ2) is 7.93. The van der Waals surface area contributed by atoms with Gasteiger partial charge in [0.2, 0.25) is 15.9 Å². The molecule has 23 heavy (non-hydrogen) atoms. The van der Waals surface area contributed by atoms with Gasteiger partial charge in [0.15, 0.2) is 0 Å². The summed E-state index contributed by atoms with van der Waals surface area (Å²) in [6, 6.07) is 6.77. The van der Waals surface area contributed by atoms with Crippen molar-refractivity contribution in [1.29, 1.82) is 0 Å². The number of amides is 1. The van der Waals surface area contributed by atoms with Gasteiger partial charge in [-0.05, 0) is 29.5 Å². The van der Waals surface area contributed by atoms with Gasteiger partial charge < -0.3 is 4.90 Å². The van der Waals surface area contributed by atoms with E-state index in [9.17, 15) is 13.2 Å². The lowest BCUT2D eigenvalue weighted by atomic mass is 9.87. The van der Waals surface area contributed by atoms with Crippen molar-refractivity contribution < 1.29 is 13.2 Å². The first-order valence-corrected chi connectivity index (χ1v) is 9.40. The van der Waals surface area contributed by atoms with Gasteiger partial charge in [-0.25, -0.2) is 13.1 Å². The molecule has 0 fully saturated rings. The maximum atomic E-state index is 12.3. The quantitative estimate of drug-likeness (QED) is 0.829. The van der Waals surface area contributed by atoms with Crippen LogP contribution in [0.3, 0.4) is 0 Å². The number of carbonyl (C=O) groups excluding carboxylic acids is 1. The summed E-state index contributed by atoms with van der Waals surface area (Å²) in [5.41, 5.74) is 1.03. The van der Waals surface area contributed by atoms with E-state index in [1.807, 2.05) is 19.1 Å². The Hall–Kier alpha value is -1.40. The highest BCUT2D eigenvalue weighted by atomic mass is 32.2. The average Bonchev–Trinajstić information content (AvgIpc) is 2.49. The minimum absolute atomic E-state index is 0.0341. The average molecular weight is 340 g/mol. The van der Waals surface area contributed by atoms with Gasteiger partial charge in [-0.2, -0.15) is 0 Å². The Morgan fingerprint density at radius 3 is 2.22 bits per heavy atom. The molecule has 0 spiro atoms. The van der Waals surface area contributed by atoms with E-state index >= 15 is 0 Å². The zero-order valence-corrected chi connectivity index (χ0v) is 15.5. The summed E-state index contributed by atoms with van der Waals surface area (Å²) in [6.07, 6.45) is 1.90. The molecule has 0 bridgehead atoms. The highest BCUT2D eigenvalue weighted by molar-refractivity contribution is 7.89. The minimum atomic E-state index is -3.67.